The molecule has 0 rings (SSSR count). The van der Waals surface area contributed by atoms with Gasteiger partial charge < -0.3 is 27.9 Å². The molecule has 0 aromatic heterocycles. The number of phosphoric ester groups is 1. The summed E-state index contributed by atoms with van der Waals surface area (Å²) in [5.74, 6) is -0.813. The van der Waals surface area contributed by atoms with Gasteiger partial charge in [0.05, 0.1) is 27.7 Å². The maximum atomic E-state index is 12.8. The first-order valence-corrected chi connectivity index (χ1v) is 31.2. The van der Waals surface area contributed by atoms with E-state index < -0.39 is 26.5 Å². The summed E-state index contributed by atoms with van der Waals surface area (Å²) in [4.78, 5) is 37.7. The van der Waals surface area contributed by atoms with Crippen LogP contribution in [0.25, 0.3) is 0 Å². The van der Waals surface area contributed by atoms with Gasteiger partial charge in [-0.3, -0.25) is 14.2 Å². The van der Waals surface area contributed by atoms with Gasteiger partial charge in [0.1, 0.15) is 19.8 Å². The Morgan fingerprint density at radius 3 is 0.941 bits per heavy atom. The molecule has 68 heavy (non-hydrogen) atoms. The van der Waals surface area contributed by atoms with E-state index in [0.29, 0.717) is 17.4 Å². The predicted molar refractivity (Wildman–Crippen MR) is 287 cm³/mol. The van der Waals surface area contributed by atoms with Crippen molar-refractivity contribution in [3.05, 3.63) is 0 Å². The van der Waals surface area contributed by atoms with Gasteiger partial charge in [-0.15, -0.1) is 0 Å². The van der Waals surface area contributed by atoms with Crippen LogP contribution >= 0.6 is 7.82 Å². The van der Waals surface area contributed by atoms with Crippen LogP contribution in [-0.4, -0.2) is 70.0 Å². The maximum Gasteiger partial charge on any atom is 0.306 e. The zero-order valence-electron chi connectivity index (χ0n) is 46.1. The van der Waals surface area contributed by atoms with E-state index in [1.165, 1.54) is 244 Å². The molecule has 0 aliphatic carbocycles. The summed E-state index contributed by atoms with van der Waals surface area (Å²) in [6, 6.07) is 0. The summed E-state index contributed by atoms with van der Waals surface area (Å²) in [7, 11) is 1.19. The highest BCUT2D eigenvalue weighted by molar-refractivity contribution is 7.45. The Balaban J connectivity index is 3.93. The predicted octanol–water partition coefficient (Wildman–Crippen LogP) is 17.6. The first-order chi connectivity index (χ1) is 33.0. The normalized spacial score (nSPS) is 13.2. The molecular formula is C58H116NO8P. The van der Waals surface area contributed by atoms with E-state index in [9.17, 15) is 19.0 Å². The highest BCUT2D eigenvalue weighted by atomic mass is 31.2. The number of phosphoric acid groups is 1. The number of hydrogen-bond donors (Lipinski definition) is 0. The second-order valence-corrected chi connectivity index (χ2v) is 23.1. The maximum absolute atomic E-state index is 12.8. The summed E-state index contributed by atoms with van der Waals surface area (Å²) in [5, 5.41) is 0. The summed E-state index contributed by atoms with van der Waals surface area (Å²) in [5.41, 5.74) is 0. The molecule has 0 aromatic carbocycles. The summed E-state index contributed by atoms with van der Waals surface area (Å²) in [6.45, 7) is 4.29. The topological polar surface area (TPSA) is 111 Å². The van der Waals surface area contributed by atoms with Crippen LogP contribution < -0.4 is 4.89 Å². The fourth-order valence-electron chi connectivity index (χ4n) is 9.01. The fourth-order valence-corrected chi connectivity index (χ4v) is 9.74. The van der Waals surface area contributed by atoms with Crippen LogP contribution in [0.1, 0.15) is 309 Å². The summed E-state index contributed by atoms with van der Waals surface area (Å²) in [6.07, 6.45) is 57.5. The number of carbonyl (C=O) groups excluding carboxylic acids is 2. The lowest BCUT2D eigenvalue weighted by Gasteiger charge is -2.28. The molecule has 2 atom stereocenters. The summed E-state index contributed by atoms with van der Waals surface area (Å²) < 4.78 is 34.1. The van der Waals surface area contributed by atoms with Crippen molar-refractivity contribution in [3.8, 4) is 0 Å². The minimum Gasteiger partial charge on any atom is -0.756 e. The number of ether oxygens (including phenoxy) is 2. The molecule has 0 N–H and O–H groups in total. The number of unbranched alkanes of at least 4 members (excludes halogenated alkanes) is 42. The second-order valence-electron chi connectivity index (χ2n) is 21.7. The van der Waals surface area contributed by atoms with Crippen molar-refractivity contribution in [2.24, 2.45) is 0 Å². The minimum atomic E-state index is -4.62. The molecule has 9 nitrogen and oxygen atoms in total. The van der Waals surface area contributed by atoms with Crippen molar-refractivity contribution in [1.82, 2.24) is 0 Å². The molecular weight excluding hydrogens is 870 g/mol. The molecule has 2 unspecified atom stereocenters. The zero-order valence-corrected chi connectivity index (χ0v) is 47.0. The molecule has 10 heteroatoms. The van der Waals surface area contributed by atoms with Gasteiger partial charge in [-0.2, -0.15) is 0 Å². The molecule has 0 amide bonds. The fraction of sp³-hybridized carbons (Fsp3) is 0.966. The number of rotatable bonds is 56. The van der Waals surface area contributed by atoms with Crippen molar-refractivity contribution in [2.45, 2.75) is 315 Å². The van der Waals surface area contributed by atoms with E-state index in [-0.39, 0.29) is 32.0 Å². The van der Waals surface area contributed by atoms with Crippen LogP contribution in [0.2, 0.25) is 0 Å². The lowest BCUT2D eigenvalue weighted by molar-refractivity contribution is -0.870. The smallest absolute Gasteiger partial charge is 0.306 e. The third-order valence-electron chi connectivity index (χ3n) is 13.6. The van der Waals surface area contributed by atoms with Crippen LogP contribution in [0.15, 0.2) is 0 Å². The number of likely N-dealkylation sites (N-methyl/N-ethyl adjacent to an activating group) is 1. The SMILES string of the molecule is CCCCCCCCCCCCCCCCCCCCCCCCCCCCCCCCCCC(=O)OC(COC(=O)CCCCCCCCCCCCCC)COP(=O)([O-])OCC[N+](C)(C)C. The number of esters is 2. The molecule has 0 fully saturated rings. The standard InChI is InChI=1S/C58H116NO8P/c1-6-8-10-12-14-16-18-20-21-22-23-24-25-26-27-28-29-30-31-32-33-34-35-36-37-38-39-41-43-45-47-49-51-58(61)67-56(55-66-68(62,63)65-53-52-59(3,4)5)54-64-57(60)50-48-46-44-42-40-19-17-15-13-11-9-7-2/h56H,6-55H2,1-5H3. The van der Waals surface area contributed by atoms with Crippen molar-refractivity contribution in [3.63, 3.8) is 0 Å². The van der Waals surface area contributed by atoms with Gasteiger partial charge in [-0.05, 0) is 12.8 Å². The van der Waals surface area contributed by atoms with Gasteiger partial charge in [0.25, 0.3) is 7.82 Å². The molecule has 0 saturated heterocycles. The quantitative estimate of drug-likeness (QED) is 0.0256. The first-order valence-electron chi connectivity index (χ1n) is 29.7. The van der Waals surface area contributed by atoms with Gasteiger partial charge >= 0.3 is 11.9 Å². The first kappa shape index (κ1) is 67.0. The van der Waals surface area contributed by atoms with E-state index in [1.54, 1.807) is 0 Å². The largest absolute Gasteiger partial charge is 0.756 e. The lowest BCUT2D eigenvalue weighted by Crippen LogP contribution is -2.37. The molecule has 406 valence electrons. The number of quaternary nitrogens is 1. The summed E-state index contributed by atoms with van der Waals surface area (Å²) >= 11 is 0. The molecule has 0 bridgehead atoms. The van der Waals surface area contributed by atoms with Gasteiger partial charge in [0.15, 0.2) is 6.10 Å². The molecule has 0 aliphatic rings. The second kappa shape index (κ2) is 50.9. The highest BCUT2D eigenvalue weighted by Crippen LogP contribution is 2.38. The molecule has 0 radical (unpaired) electrons. The highest BCUT2D eigenvalue weighted by Gasteiger charge is 2.22. The monoisotopic (exact) mass is 986 g/mol. The third kappa shape index (κ3) is 54.3. The Kier molecular flexibility index (Phi) is 50.2. The minimum absolute atomic E-state index is 0.0253. The molecule has 0 heterocycles. The van der Waals surface area contributed by atoms with E-state index in [0.717, 1.165) is 32.1 Å². The Morgan fingerprint density at radius 2 is 0.662 bits per heavy atom. The van der Waals surface area contributed by atoms with Crippen LogP contribution in [0, 0.1) is 0 Å². The van der Waals surface area contributed by atoms with Crippen molar-refractivity contribution in [1.29, 1.82) is 0 Å². The van der Waals surface area contributed by atoms with Gasteiger partial charge in [-0.25, -0.2) is 0 Å². The Morgan fingerprint density at radius 1 is 0.397 bits per heavy atom. The van der Waals surface area contributed by atoms with Crippen LogP contribution in [0.4, 0.5) is 0 Å². The van der Waals surface area contributed by atoms with Gasteiger partial charge in [0, 0.05) is 12.8 Å². The average molecular weight is 987 g/mol. The number of hydrogen-bond acceptors (Lipinski definition) is 8. The van der Waals surface area contributed by atoms with E-state index in [4.69, 9.17) is 18.5 Å². The molecule has 0 aromatic rings. The van der Waals surface area contributed by atoms with Crippen molar-refractivity contribution >= 4 is 19.8 Å². The van der Waals surface area contributed by atoms with Crippen LogP contribution in [-0.2, 0) is 32.7 Å². The van der Waals surface area contributed by atoms with E-state index in [2.05, 4.69) is 13.8 Å². The van der Waals surface area contributed by atoms with Crippen LogP contribution in [0.5, 0.6) is 0 Å². The van der Waals surface area contributed by atoms with Gasteiger partial charge in [0.2, 0.25) is 0 Å². The Bertz CT molecular complexity index is 1120. The molecule has 0 aliphatic heterocycles. The third-order valence-corrected chi connectivity index (χ3v) is 14.6. The number of carbonyl (C=O) groups is 2. The Labute approximate surface area is 423 Å². The van der Waals surface area contributed by atoms with Crippen molar-refractivity contribution in [2.75, 3.05) is 47.5 Å². The lowest BCUT2D eigenvalue weighted by atomic mass is 10.0. The van der Waals surface area contributed by atoms with Crippen LogP contribution in [0.3, 0.4) is 0 Å². The number of nitrogens with zero attached hydrogens (tertiary/aromatic N) is 1. The zero-order chi connectivity index (χ0) is 49.9. The van der Waals surface area contributed by atoms with Gasteiger partial charge in [-0.1, -0.05) is 284 Å². The molecule has 0 spiro atoms. The van der Waals surface area contributed by atoms with Crippen molar-refractivity contribution < 1.29 is 42.1 Å². The Hall–Kier alpha value is -0.990. The average Bonchev–Trinajstić information content (AvgIpc) is 3.30. The van der Waals surface area contributed by atoms with E-state index >= 15 is 0 Å². The molecule has 0 saturated carbocycles. The van der Waals surface area contributed by atoms with E-state index in [1.807, 2.05) is 21.1 Å².